The number of hydrogen-bond acceptors (Lipinski definition) is 2. The topological polar surface area (TPSA) is 15.3 Å². The van der Waals surface area contributed by atoms with E-state index in [4.69, 9.17) is 0 Å². The predicted octanol–water partition coefficient (Wildman–Crippen LogP) is 16.7. The van der Waals surface area contributed by atoms with Crippen LogP contribution in [-0.2, 0) is 0 Å². The van der Waals surface area contributed by atoms with Gasteiger partial charge in [0, 0.05) is 46.0 Å². The van der Waals surface area contributed by atoms with Crippen LogP contribution < -0.4 is 10.2 Å². The van der Waals surface area contributed by atoms with Gasteiger partial charge in [-0.2, -0.15) is 0 Å². The van der Waals surface area contributed by atoms with Crippen LogP contribution in [0.25, 0.3) is 55.1 Å². The maximum absolute atomic E-state index is 3.26. The first-order valence-corrected chi connectivity index (χ1v) is 24.2. The molecule has 61 heavy (non-hydrogen) atoms. The first-order valence-electron chi connectivity index (χ1n) is 21.4. The molecule has 1 N–H and O–H groups in total. The van der Waals surface area contributed by atoms with Gasteiger partial charge in [0.15, 0.2) is 0 Å². The van der Waals surface area contributed by atoms with Crippen molar-refractivity contribution in [2.24, 2.45) is 5.92 Å². The van der Waals surface area contributed by atoms with Crippen molar-refractivity contribution in [1.29, 1.82) is 0 Å². The largest absolute Gasteiger partial charge is 0.387 e. The molecule has 0 unspecified atom stereocenters. The number of allylic oxidation sites excluding steroid dienone is 7. The van der Waals surface area contributed by atoms with E-state index in [-0.39, 0.29) is 5.92 Å². The van der Waals surface area contributed by atoms with Crippen LogP contribution in [0.15, 0.2) is 193 Å². The Labute approximate surface area is 366 Å². The molecule has 8 aromatic rings. The van der Waals surface area contributed by atoms with Gasteiger partial charge in [-0.15, -0.1) is 0 Å². The molecule has 0 atom stereocenters. The van der Waals surface area contributed by atoms with Gasteiger partial charge < -0.3 is 10.2 Å². The smallest absolute Gasteiger partial charge is 0.0543 e. The van der Waals surface area contributed by atoms with Crippen molar-refractivity contribution in [3.8, 4) is 11.1 Å². The Morgan fingerprint density at radius 1 is 0.639 bits per heavy atom. The highest BCUT2D eigenvalue weighted by Gasteiger charge is 2.26. The summed E-state index contributed by atoms with van der Waals surface area (Å²) in [6.07, 6.45) is 20.2. The zero-order valence-corrected chi connectivity index (χ0v) is 38.1. The molecule has 0 spiro atoms. The van der Waals surface area contributed by atoms with Crippen LogP contribution in [0, 0.1) is 12.8 Å². The standard InChI is InChI=1S/C44H45NS.C14H15N/c1-8-10-13-21-33-30-41(40-27-25-35-29-37(46(5,6)7)28-34-24-26-38(33)43(40)42(34)35)45(36-22-16-12-17-23-36)44(31(3)4)39(18-9-2)32-19-14-11-15-20-32;1-11-7-6-10-13(14(11)15-2)12-8-4-3-5-9-12/h8-31H,1-7H3;3-10,15H,1-2H3/b10-8-,18-9-,21-13-,44-39-;. The Balaban J connectivity index is 0.000000314. The maximum Gasteiger partial charge on any atom is 0.0543 e. The molecule has 0 aliphatic carbocycles. The van der Waals surface area contributed by atoms with E-state index in [2.05, 4.69) is 246 Å². The molecule has 8 aromatic carbocycles. The Bertz CT molecular complexity index is 2840. The van der Waals surface area contributed by atoms with Gasteiger partial charge in [0.05, 0.1) is 5.69 Å². The Morgan fingerprint density at radius 3 is 1.85 bits per heavy atom. The van der Waals surface area contributed by atoms with E-state index in [1.165, 1.54) is 87.7 Å². The van der Waals surface area contributed by atoms with Gasteiger partial charge in [-0.05, 0) is 124 Å². The number of para-hydroxylation sites is 2. The number of nitrogens with zero attached hydrogens (tertiary/aromatic N) is 1. The van der Waals surface area contributed by atoms with Gasteiger partial charge in [-0.3, -0.25) is 0 Å². The number of aryl methyl sites for hydroxylation is 1. The van der Waals surface area contributed by atoms with Gasteiger partial charge in [0.2, 0.25) is 0 Å². The maximum atomic E-state index is 3.26. The highest BCUT2D eigenvalue weighted by Crippen LogP contribution is 2.50. The van der Waals surface area contributed by atoms with E-state index in [0.717, 1.165) is 5.69 Å². The van der Waals surface area contributed by atoms with Crippen LogP contribution in [0.2, 0.25) is 0 Å². The van der Waals surface area contributed by atoms with Crippen LogP contribution in [0.5, 0.6) is 0 Å². The lowest BCUT2D eigenvalue weighted by Crippen LogP contribution is -2.22. The van der Waals surface area contributed by atoms with Crippen molar-refractivity contribution in [2.45, 2.75) is 39.5 Å². The lowest BCUT2D eigenvalue weighted by atomic mass is 9.89. The summed E-state index contributed by atoms with van der Waals surface area (Å²) in [7, 11) is 1.09. The van der Waals surface area contributed by atoms with Crippen molar-refractivity contribution < 1.29 is 0 Å². The predicted molar refractivity (Wildman–Crippen MR) is 275 cm³/mol. The van der Waals surface area contributed by atoms with Crippen LogP contribution in [0.4, 0.5) is 17.1 Å². The van der Waals surface area contributed by atoms with Crippen LogP contribution in [-0.4, -0.2) is 25.8 Å². The highest BCUT2D eigenvalue weighted by atomic mass is 32.3. The van der Waals surface area contributed by atoms with E-state index in [1.807, 2.05) is 13.1 Å². The molecule has 2 nitrogen and oxygen atoms in total. The van der Waals surface area contributed by atoms with Crippen molar-refractivity contribution in [3.05, 3.63) is 204 Å². The summed E-state index contributed by atoms with van der Waals surface area (Å²) < 4.78 is 0. The molecule has 0 aliphatic rings. The molecule has 0 aromatic heterocycles. The van der Waals surface area contributed by atoms with Crippen LogP contribution in [0.3, 0.4) is 0 Å². The van der Waals surface area contributed by atoms with Gasteiger partial charge in [-0.25, -0.2) is 10.0 Å². The molecule has 308 valence electrons. The summed E-state index contributed by atoms with van der Waals surface area (Å²) in [4.78, 5) is 3.97. The van der Waals surface area contributed by atoms with Crippen molar-refractivity contribution >= 4 is 71.1 Å². The lowest BCUT2D eigenvalue weighted by molar-refractivity contribution is 0.750. The zero-order chi connectivity index (χ0) is 43.1. The average Bonchev–Trinajstić information content (AvgIpc) is 3.27. The number of benzene rings is 8. The van der Waals surface area contributed by atoms with E-state index in [9.17, 15) is 0 Å². The molecule has 8 rings (SSSR count). The van der Waals surface area contributed by atoms with Crippen LogP contribution >= 0.6 is 10.0 Å². The normalized spacial score (nSPS) is 12.8. The SMILES string of the molecule is C/C=C\C=C/c1cc(N(/C(=C(/C=C\C)c2ccccc2)C(C)C)c2ccccc2)c2ccc3cc(S(C)(C)C)cc4ccc1c2c43.CNc1c(C)cccc1-c1ccccc1. The number of nitrogens with one attached hydrogen (secondary N) is 1. The van der Waals surface area contributed by atoms with Crippen molar-refractivity contribution in [1.82, 2.24) is 0 Å². The summed E-state index contributed by atoms with van der Waals surface area (Å²) in [6.45, 7) is 10.9. The average molecular weight is 817 g/mol. The summed E-state index contributed by atoms with van der Waals surface area (Å²) >= 11 is 0. The third kappa shape index (κ3) is 9.09. The van der Waals surface area contributed by atoms with E-state index < -0.39 is 10.0 Å². The second-order valence-electron chi connectivity index (χ2n) is 16.7. The molecule has 0 radical (unpaired) electrons. The molecular formula is C58H60N2S. The first-order chi connectivity index (χ1) is 29.5. The minimum atomic E-state index is -0.876. The minimum Gasteiger partial charge on any atom is -0.387 e. The molecular weight excluding hydrogens is 757 g/mol. The molecule has 0 amide bonds. The number of anilines is 3. The quantitative estimate of drug-likeness (QED) is 0.103. The molecule has 0 saturated heterocycles. The second-order valence-corrected chi connectivity index (χ2v) is 20.8. The molecule has 0 fully saturated rings. The Morgan fingerprint density at radius 2 is 1.26 bits per heavy atom. The Kier molecular flexibility index (Phi) is 13.3. The molecule has 0 heterocycles. The van der Waals surface area contributed by atoms with Gasteiger partial charge in [-0.1, -0.05) is 172 Å². The summed E-state index contributed by atoms with van der Waals surface area (Å²) in [5, 5.41) is 11.1. The van der Waals surface area contributed by atoms with Crippen molar-refractivity contribution in [2.75, 3.05) is 36.0 Å². The minimum absolute atomic E-state index is 0.240. The van der Waals surface area contributed by atoms with Gasteiger partial charge in [0.25, 0.3) is 0 Å². The fourth-order valence-corrected chi connectivity index (χ4v) is 9.45. The fraction of sp³-hybridized carbons (Fsp3) is 0.172. The van der Waals surface area contributed by atoms with E-state index >= 15 is 0 Å². The molecule has 0 bridgehead atoms. The van der Waals surface area contributed by atoms with Crippen molar-refractivity contribution in [3.63, 3.8) is 0 Å². The fourth-order valence-electron chi connectivity index (χ4n) is 8.49. The highest BCUT2D eigenvalue weighted by molar-refractivity contribution is 8.32. The third-order valence-corrected chi connectivity index (χ3v) is 13.0. The monoisotopic (exact) mass is 816 g/mol. The molecule has 3 heteroatoms. The third-order valence-electron chi connectivity index (χ3n) is 11.3. The van der Waals surface area contributed by atoms with E-state index in [0.29, 0.717) is 0 Å². The summed E-state index contributed by atoms with van der Waals surface area (Å²) in [6, 6.07) is 55.2. The zero-order valence-electron chi connectivity index (χ0n) is 37.3. The van der Waals surface area contributed by atoms with Crippen LogP contribution in [0.1, 0.15) is 44.4 Å². The number of rotatable bonds is 11. The molecule has 0 aliphatic heterocycles. The summed E-state index contributed by atoms with van der Waals surface area (Å²) in [5.74, 6) is 0.240. The summed E-state index contributed by atoms with van der Waals surface area (Å²) in [5.41, 5.74) is 12.3. The molecule has 0 saturated carbocycles. The lowest BCUT2D eigenvalue weighted by Gasteiger charge is -2.34. The van der Waals surface area contributed by atoms with E-state index in [1.54, 1.807) is 0 Å². The first kappa shape index (κ1) is 42.8. The second kappa shape index (κ2) is 19.0. The Hall–Kier alpha value is -6.29. The van der Waals surface area contributed by atoms with Gasteiger partial charge >= 0.3 is 0 Å². The van der Waals surface area contributed by atoms with Gasteiger partial charge in [0.1, 0.15) is 0 Å². The number of hydrogen-bond donors (Lipinski definition) is 1.